The fraction of sp³-hybridized carbons (Fsp3) is 0.278. The lowest BCUT2D eigenvalue weighted by atomic mass is 10.2. The summed E-state index contributed by atoms with van der Waals surface area (Å²) in [5.41, 5.74) is -1.10. The maximum absolute atomic E-state index is 12.8. The van der Waals surface area contributed by atoms with Crippen molar-refractivity contribution in [2.75, 3.05) is 18.4 Å². The summed E-state index contributed by atoms with van der Waals surface area (Å²) in [5.74, 6) is -1.04. The van der Waals surface area contributed by atoms with Crippen LogP contribution >= 0.6 is 11.6 Å². The minimum atomic E-state index is -4.57. The topological polar surface area (TPSA) is 62.3 Å². The number of pyridine rings is 1. The highest BCUT2D eigenvalue weighted by molar-refractivity contribution is 6.33. The van der Waals surface area contributed by atoms with Crippen LogP contribution in [0.1, 0.15) is 39.4 Å². The Bertz CT molecular complexity index is 880. The second-order valence-corrected chi connectivity index (χ2v) is 6.46. The Morgan fingerprint density at radius 3 is 2.41 bits per heavy atom. The molecular weight excluding hydrogens is 383 g/mol. The molecule has 2 aromatic rings. The molecule has 142 valence electrons. The summed E-state index contributed by atoms with van der Waals surface area (Å²) in [6.07, 6.45) is -2.73. The largest absolute Gasteiger partial charge is 0.416 e. The predicted octanol–water partition coefficient (Wildman–Crippen LogP) is 4.24. The van der Waals surface area contributed by atoms with Gasteiger partial charge in [0, 0.05) is 13.1 Å². The van der Waals surface area contributed by atoms with Gasteiger partial charge < -0.3 is 10.2 Å². The van der Waals surface area contributed by atoms with E-state index in [4.69, 9.17) is 11.6 Å². The zero-order chi connectivity index (χ0) is 19.6. The summed E-state index contributed by atoms with van der Waals surface area (Å²) in [7, 11) is 0. The number of likely N-dealkylation sites (tertiary alicyclic amines) is 1. The van der Waals surface area contributed by atoms with E-state index >= 15 is 0 Å². The minimum Gasteiger partial charge on any atom is -0.337 e. The van der Waals surface area contributed by atoms with Crippen molar-refractivity contribution < 1.29 is 22.8 Å². The first-order chi connectivity index (χ1) is 12.8. The van der Waals surface area contributed by atoms with Gasteiger partial charge in [0.25, 0.3) is 11.8 Å². The van der Waals surface area contributed by atoms with E-state index < -0.39 is 17.6 Å². The lowest BCUT2D eigenvalue weighted by Crippen LogP contribution is -2.29. The predicted molar refractivity (Wildman–Crippen MR) is 93.8 cm³/mol. The first-order valence-electron chi connectivity index (χ1n) is 8.20. The lowest BCUT2D eigenvalue weighted by Gasteiger charge is -2.15. The standard InChI is InChI=1S/C18H15ClF3N3O2/c19-12-7-6-11(18(20,21)22)10-15(12)24-16(26)13-4-3-5-14(23-13)17(27)25-8-1-2-9-25/h3-7,10H,1-2,8-9H2,(H,24,26). The van der Waals surface area contributed by atoms with Crippen molar-refractivity contribution >= 4 is 29.1 Å². The number of rotatable bonds is 3. The van der Waals surface area contributed by atoms with Gasteiger partial charge in [0.15, 0.2) is 0 Å². The van der Waals surface area contributed by atoms with Crippen LogP contribution < -0.4 is 5.32 Å². The molecule has 1 N–H and O–H groups in total. The fourth-order valence-corrected chi connectivity index (χ4v) is 2.91. The van der Waals surface area contributed by atoms with E-state index in [1.807, 2.05) is 0 Å². The zero-order valence-electron chi connectivity index (χ0n) is 14.0. The van der Waals surface area contributed by atoms with Gasteiger partial charge in [-0.3, -0.25) is 9.59 Å². The Morgan fingerprint density at radius 2 is 1.74 bits per heavy atom. The average Bonchev–Trinajstić information content (AvgIpc) is 3.16. The molecule has 2 heterocycles. The van der Waals surface area contributed by atoms with Crippen LogP contribution in [0.2, 0.25) is 5.02 Å². The number of hydrogen-bond donors (Lipinski definition) is 1. The molecule has 9 heteroatoms. The first-order valence-corrected chi connectivity index (χ1v) is 8.58. The highest BCUT2D eigenvalue weighted by atomic mass is 35.5. The molecule has 1 aromatic carbocycles. The number of hydrogen-bond acceptors (Lipinski definition) is 3. The summed E-state index contributed by atoms with van der Waals surface area (Å²) < 4.78 is 38.5. The van der Waals surface area contributed by atoms with Gasteiger partial charge in [-0.25, -0.2) is 4.98 Å². The minimum absolute atomic E-state index is 0.0411. The van der Waals surface area contributed by atoms with Crippen LogP contribution in [0, 0.1) is 0 Å². The number of nitrogens with zero attached hydrogens (tertiary/aromatic N) is 2. The van der Waals surface area contributed by atoms with Crippen molar-refractivity contribution in [3.63, 3.8) is 0 Å². The van der Waals surface area contributed by atoms with Gasteiger partial charge in [-0.15, -0.1) is 0 Å². The molecule has 5 nitrogen and oxygen atoms in total. The number of halogens is 4. The van der Waals surface area contributed by atoms with Gasteiger partial charge in [0.2, 0.25) is 0 Å². The normalized spacial score (nSPS) is 14.3. The van der Waals surface area contributed by atoms with Crippen molar-refractivity contribution in [3.05, 3.63) is 58.4 Å². The van der Waals surface area contributed by atoms with E-state index in [9.17, 15) is 22.8 Å². The molecular formula is C18H15ClF3N3O2. The molecule has 1 aliphatic rings. The lowest BCUT2D eigenvalue weighted by molar-refractivity contribution is -0.137. The molecule has 3 rings (SSSR count). The third-order valence-electron chi connectivity index (χ3n) is 4.14. The summed E-state index contributed by atoms with van der Waals surface area (Å²) in [6, 6.07) is 7.00. The van der Waals surface area contributed by atoms with Crippen molar-refractivity contribution in [1.29, 1.82) is 0 Å². The average molecular weight is 398 g/mol. The summed E-state index contributed by atoms with van der Waals surface area (Å²) >= 11 is 5.88. The number of aromatic nitrogens is 1. The maximum Gasteiger partial charge on any atom is 0.416 e. The number of benzene rings is 1. The molecule has 0 unspecified atom stereocenters. The smallest absolute Gasteiger partial charge is 0.337 e. The summed E-state index contributed by atoms with van der Waals surface area (Å²) in [4.78, 5) is 30.5. The Balaban J connectivity index is 1.81. The third kappa shape index (κ3) is 4.39. The van der Waals surface area contributed by atoms with E-state index in [2.05, 4.69) is 10.3 Å². The van der Waals surface area contributed by atoms with E-state index in [1.54, 1.807) is 4.90 Å². The van der Waals surface area contributed by atoms with E-state index in [-0.39, 0.29) is 28.0 Å². The van der Waals surface area contributed by atoms with Gasteiger partial charge in [-0.2, -0.15) is 13.2 Å². The quantitative estimate of drug-likeness (QED) is 0.842. The van der Waals surface area contributed by atoms with Crippen molar-refractivity contribution in [1.82, 2.24) is 9.88 Å². The molecule has 0 bridgehead atoms. The molecule has 1 aliphatic heterocycles. The van der Waals surface area contributed by atoms with Crippen molar-refractivity contribution in [2.45, 2.75) is 19.0 Å². The van der Waals surface area contributed by atoms with Crippen LogP contribution in [0.3, 0.4) is 0 Å². The molecule has 0 atom stereocenters. The maximum atomic E-state index is 12.8. The number of nitrogens with one attached hydrogen (secondary N) is 1. The molecule has 1 fully saturated rings. The molecule has 1 saturated heterocycles. The highest BCUT2D eigenvalue weighted by Crippen LogP contribution is 2.33. The molecule has 0 aliphatic carbocycles. The second-order valence-electron chi connectivity index (χ2n) is 6.05. The van der Waals surface area contributed by atoms with Crippen LogP contribution in [0.4, 0.5) is 18.9 Å². The van der Waals surface area contributed by atoms with E-state index in [0.717, 1.165) is 31.0 Å². The number of amides is 2. The Morgan fingerprint density at radius 1 is 1.07 bits per heavy atom. The van der Waals surface area contributed by atoms with Crippen LogP contribution in [-0.2, 0) is 6.18 Å². The van der Waals surface area contributed by atoms with E-state index in [0.29, 0.717) is 13.1 Å². The Kier molecular flexibility index (Phi) is 5.36. The van der Waals surface area contributed by atoms with E-state index in [1.165, 1.54) is 18.2 Å². The van der Waals surface area contributed by atoms with Crippen molar-refractivity contribution in [3.8, 4) is 0 Å². The number of alkyl halides is 3. The number of carbonyl (C=O) groups excluding carboxylic acids is 2. The number of carbonyl (C=O) groups is 2. The molecule has 0 radical (unpaired) electrons. The van der Waals surface area contributed by atoms with Gasteiger partial charge in [0.05, 0.1) is 16.3 Å². The molecule has 0 spiro atoms. The van der Waals surface area contributed by atoms with Crippen LogP contribution in [0.15, 0.2) is 36.4 Å². The first kappa shape index (κ1) is 19.2. The Hall–Kier alpha value is -2.61. The zero-order valence-corrected chi connectivity index (χ0v) is 14.8. The molecule has 27 heavy (non-hydrogen) atoms. The van der Waals surface area contributed by atoms with Crippen LogP contribution in [0.25, 0.3) is 0 Å². The van der Waals surface area contributed by atoms with Crippen molar-refractivity contribution in [2.24, 2.45) is 0 Å². The monoisotopic (exact) mass is 397 g/mol. The van der Waals surface area contributed by atoms with Gasteiger partial charge >= 0.3 is 6.18 Å². The molecule has 2 amide bonds. The third-order valence-corrected chi connectivity index (χ3v) is 4.47. The number of anilines is 1. The summed E-state index contributed by atoms with van der Waals surface area (Å²) in [6.45, 7) is 1.27. The van der Waals surface area contributed by atoms with Gasteiger partial charge in [-0.05, 0) is 43.2 Å². The highest BCUT2D eigenvalue weighted by Gasteiger charge is 2.31. The SMILES string of the molecule is O=C(Nc1cc(C(F)(F)F)ccc1Cl)c1cccc(C(=O)N2CCCC2)n1. The van der Waals surface area contributed by atoms with Gasteiger partial charge in [-0.1, -0.05) is 17.7 Å². The van der Waals surface area contributed by atoms with Gasteiger partial charge in [0.1, 0.15) is 11.4 Å². The fourth-order valence-electron chi connectivity index (χ4n) is 2.75. The Labute approximate surface area is 158 Å². The van der Waals surface area contributed by atoms with Crippen LogP contribution in [0.5, 0.6) is 0 Å². The second kappa shape index (κ2) is 7.56. The molecule has 0 saturated carbocycles. The molecule has 1 aromatic heterocycles. The summed E-state index contributed by atoms with van der Waals surface area (Å²) in [5, 5.41) is 2.28. The van der Waals surface area contributed by atoms with Crippen LogP contribution in [-0.4, -0.2) is 34.8 Å².